The molecule has 4 nitrogen and oxygen atoms in total. The summed E-state index contributed by atoms with van der Waals surface area (Å²) >= 11 is 0. The molecule has 2 N–H and O–H groups in total. The van der Waals surface area contributed by atoms with Crippen LogP contribution in [-0.4, -0.2) is 33.4 Å². The molecule has 0 saturated carbocycles. The van der Waals surface area contributed by atoms with Crippen LogP contribution >= 0.6 is 0 Å². The minimum Gasteiger partial charge on any atom is -0.497 e. The molecule has 0 bridgehead atoms. The zero-order valence-electron chi connectivity index (χ0n) is 15.4. The van der Waals surface area contributed by atoms with Gasteiger partial charge in [-0.3, -0.25) is 0 Å². The van der Waals surface area contributed by atoms with Crippen LogP contribution < -0.4 is 20.1 Å². The van der Waals surface area contributed by atoms with Crippen LogP contribution in [0.1, 0.15) is 17.5 Å². The normalized spacial score (nSPS) is 20.4. The molecule has 1 aliphatic rings. The van der Waals surface area contributed by atoms with Crippen LogP contribution in [0.4, 0.5) is 5.69 Å². The van der Waals surface area contributed by atoms with E-state index in [4.69, 9.17) is 15.2 Å². The van der Waals surface area contributed by atoms with Crippen LogP contribution in [0, 0.1) is 12.8 Å². The van der Waals surface area contributed by atoms with Crippen LogP contribution in [0.15, 0.2) is 42.5 Å². The first-order chi connectivity index (χ1) is 12.1. The molecule has 1 aliphatic heterocycles. The van der Waals surface area contributed by atoms with Crippen molar-refractivity contribution < 1.29 is 9.47 Å². The van der Waals surface area contributed by atoms with Crippen LogP contribution in [0.3, 0.4) is 0 Å². The SMILES string of the molecule is COc1cc(OC)cc(N2CC(N)CC(Cc3ccc(C)cc3)C2)c1. The Morgan fingerprint density at radius 3 is 2.24 bits per heavy atom. The fourth-order valence-corrected chi connectivity index (χ4v) is 3.64. The number of ether oxygens (including phenoxy) is 2. The molecule has 0 amide bonds. The van der Waals surface area contributed by atoms with E-state index in [-0.39, 0.29) is 6.04 Å². The first kappa shape index (κ1) is 17.6. The van der Waals surface area contributed by atoms with E-state index < -0.39 is 0 Å². The van der Waals surface area contributed by atoms with Crippen molar-refractivity contribution in [2.45, 2.75) is 25.8 Å². The second-order valence-corrected chi connectivity index (χ2v) is 7.03. The molecule has 0 spiro atoms. The highest BCUT2D eigenvalue weighted by Gasteiger charge is 2.26. The lowest BCUT2D eigenvalue weighted by Gasteiger charge is -2.38. The van der Waals surface area contributed by atoms with Crippen molar-refractivity contribution in [2.75, 3.05) is 32.2 Å². The summed E-state index contributed by atoms with van der Waals surface area (Å²) < 4.78 is 10.8. The van der Waals surface area contributed by atoms with Gasteiger partial charge in [0, 0.05) is 43.0 Å². The minimum absolute atomic E-state index is 0.182. The van der Waals surface area contributed by atoms with Crippen molar-refractivity contribution in [3.63, 3.8) is 0 Å². The molecule has 2 unspecified atom stereocenters. The molecule has 1 saturated heterocycles. The summed E-state index contributed by atoms with van der Waals surface area (Å²) in [4.78, 5) is 2.36. The van der Waals surface area contributed by atoms with Gasteiger partial charge in [-0.25, -0.2) is 0 Å². The predicted octanol–water partition coefficient (Wildman–Crippen LogP) is 3.41. The summed E-state index contributed by atoms with van der Waals surface area (Å²) in [6.45, 7) is 3.98. The summed E-state index contributed by atoms with van der Waals surface area (Å²) in [5.41, 5.74) is 10.2. The first-order valence-corrected chi connectivity index (χ1v) is 8.86. The second kappa shape index (κ2) is 7.79. The van der Waals surface area contributed by atoms with E-state index in [1.807, 2.05) is 6.07 Å². The Morgan fingerprint density at radius 1 is 1.00 bits per heavy atom. The molecule has 2 aromatic rings. The fourth-order valence-electron chi connectivity index (χ4n) is 3.64. The Hall–Kier alpha value is -2.20. The third-order valence-electron chi connectivity index (χ3n) is 4.92. The molecule has 1 heterocycles. The largest absolute Gasteiger partial charge is 0.497 e. The van der Waals surface area contributed by atoms with Gasteiger partial charge in [-0.2, -0.15) is 0 Å². The van der Waals surface area contributed by atoms with Gasteiger partial charge in [-0.15, -0.1) is 0 Å². The zero-order chi connectivity index (χ0) is 17.8. The molecule has 0 aliphatic carbocycles. The Labute approximate surface area is 150 Å². The number of nitrogens with two attached hydrogens (primary N) is 1. The highest BCUT2D eigenvalue weighted by Crippen LogP contribution is 2.31. The standard InChI is InChI=1S/C21H28N2O2/c1-15-4-6-16(7-5-15)8-17-9-18(22)14-23(13-17)19-10-20(24-2)12-21(11-19)25-3/h4-7,10-12,17-18H,8-9,13-14,22H2,1-3H3. The molecule has 0 aromatic heterocycles. The van der Waals surface area contributed by atoms with E-state index in [1.165, 1.54) is 11.1 Å². The zero-order valence-corrected chi connectivity index (χ0v) is 15.4. The molecule has 4 heteroatoms. The molecule has 0 radical (unpaired) electrons. The smallest absolute Gasteiger partial charge is 0.124 e. The minimum atomic E-state index is 0.182. The summed E-state index contributed by atoms with van der Waals surface area (Å²) in [6, 6.07) is 15.0. The molecule has 1 fully saturated rings. The van der Waals surface area contributed by atoms with Gasteiger partial charge in [0.25, 0.3) is 0 Å². The van der Waals surface area contributed by atoms with Crippen LogP contribution in [0.2, 0.25) is 0 Å². The van der Waals surface area contributed by atoms with Crippen molar-refractivity contribution in [1.82, 2.24) is 0 Å². The van der Waals surface area contributed by atoms with E-state index in [9.17, 15) is 0 Å². The maximum absolute atomic E-state index is 6.37. The van der Waals surface area contributed by atoms with Gasteiger partial charge in [-0.1, -0.05) is 29.8 Å². The number of nitrogens with zero attached hydrogens (tertiary/aromatic N) is 1. The maximum Gasteiger partial charge on any atom is 0.124 e. The topological polar surface area (TPSA) is 47.7 Å². The molecular weight excluding hydrogens is 312 g/mol. The molecule has 2 aromatic carbocycles. The van der Waals surface area contributed by atoms with E-state index in [2.05, 4.69) is 48.2 Å². The second-order valence-electron chi connectivity index (χ2n) is 7.03. The number of methoxy groups -OCH3 is 2. The van der Waals surface area contributed by atoms with Gasteiger partial charge in [0.2, 0.25) is 0 Å². The number of hydrogen-bond acceptors (Lipinski definition) is 4. The van der Waals surface area contributed by atoms with Crippen LogP contribution in [0.5, 0.6) is 11.5 Å². The number of aryl methyl sites for hydroxylation is 1. The quantitative estimate of drug-likeness (QED) is 0.906. The Bertz CT molecular complexity index is 677. The number of hydrogen-bond donors (Lipinski definition) is 1. The number of benzene rings is 2. The Morgan fingerprint density at radius 2 is 1.64 bits per heavy atom. The Balaban J connectivity index is 1.77. The van der Waals surface area contributed by atoms with Gasteiger partial charge >= 0.3 is 0 Å². The van der Waals surface area contributed by atoms with Gasteiger partial charge in [0.1, 0.15) is 11.5 Å². The van der Waals surface area contributed by atoms with Gasteiger partial charge in [0.15, 0.2) is 0 Å². The molecular formula is C21H28N2O2. The third-order valence-corrected chi connectivity index (χ3v) is 4.92. The predicted molar refractivity (Wildman–Crippen MR) is 103 cm³/mol. The van der Waals surface area contributed by atoms with E-state index in [0.29, 0.717) is 5.92 Å². The van der Waals surface area contributed by atoms with Gasteiger partial charge in [0.05, 0.1) is 14.2 Å². The van der Waals surface area contributed by atoms with Crippen molar-refractivity contribution >= 4 is 5.69 Å². The van der Waals surface area contributed by atoms with Gasteiger partial charge in [-0.05, 0) is 31.2 Å². The van der Waals surface area contributed by atoms with Crippen LogP contribution in [-0.2, 0) is 6.42 Å². The van der Waals surface area contributed by atoms with E-state index >= 15 is 0 Å². The molecule has 2 atom stereocenters. The van der Waals surface area contributed by atoms with Gasteiger partial charge < -0.3 is 20.1 Å². The average Bonchev–Trinajstić information content (AvgIpc) is 2.62. The summed E-state index contributed by atoms with van der Waals surface area (Å²) in [7, 11) is 3.36. The van der Waals surface area contributed by atoms with E-state index in [1.54, 1.807) is 14.2 Å². The van der Waals surface area contributed by atoms with Crippen LogP contribution in [0.25, 0.3) is 0 Å². The molecule has 3 rings (SSSR count). The highest BCUT2D eigenvalue weighted by atomic mass is 16.5. The van der Waals surface area contributed by atoms with Crippen molar-refractivity contribution in [2.24, 2.45) is 11.7 Å². The lowest BCUT2D eigenvalue weighted by Crippen LogP contribution is -2.47. The number of piperidine rings is 1. The van der Waals surface area contributed by atoms with Crippen molar-refractivity contribution in [3.8, 4) is 11.5 Å². The average molecular weight is 340 g/mol. The summed E-state index contributed by atoms with van der Waals surface area (Å²) in [6.07, 6.45) is 2.12. The highest BCUT2D eigenvalue weighted by molar-refractivity contribution is 5.56. The fraction of sp³-hybridized carbons (Fsp3) is 0.429. The Kier molecular flexibility index (Phi) is 5.49. The number of anilines is 1. The monoisotopic (exact) mass is 340 g/mol. The lowest BCUT2D eigenvalue weighted by atomic mass is 9.88. The molecule has 25 heavy (non-hydrogen) atoms. The van der Waals surface area contributed by atoms with Crippen molar-refractivity contribution in [1.29, 1.82) is 0 Å². The molecule has 134 valence electrons. The third kappa shape index (κ3) is 4.45. The maximum atomic E-state index is 6.37. The van der Waals surface area contributed by atoms with Crippen molar-refractivity contribution in [3.05, 3.63) is 53.6 Å². The lowest BCUT2D eigenvalue weighted by molar-refractivity contribution is 0.371. The summed E-state index contributed by atoms with van der Waals surface area (Å²) in [5, 5.41) is 0. The van der Waals surface area contributed by atoms with E-state index in [0.717, 1.165) is 43.1 Å². The summed E-state index contributed by atoms with van der Waals surface area (Å²) in [5.74, 6) is 2.16. The number of rotatable bonds is 5. The first-order valence-electron chi connectivity index (χ1n) is 8.86.